The first-order valence-electron chi connectivity index (χ1n) is 12.8. The number of aliphatic hydroxyl groups is 2. The van der Waals surface area contributed by atoms with Crippen LogP contribution in [0.2, 0.25) is 0 Å². The number of hydrogen-bond acceptors (Lipinski definition) is 3. The lowest BCUT2D eigenvalue weighted by atomic mass is 9.97. The van der Waals surface area contributed by atoms with Crippen molar-refractivity contribution in [1.82, 2.24) is 0 Å². The first-order chi connectivity index (χ1) is 15.6. The third-order valence-electron chi connectivity index (χ3n) is 6.14. The van der Waals surface area contributed by atoms with Crippen molar-refractivity contribution in [3.05, 3.63) is 54.1 Å². The Labute approximate surface area is 195 Å². The molecule has 2 rings (SSSR count). The summed E-state index contributed by atoms with van der Waals surface area (Å²) in [7, 11) is 0. The summed E-state index contributed by atoms with van der Waals surface area (Å²) in [5.41, 5.74) is 3.11. The van der Waals surface area contributed by atoms with Crippen molar-refractivity contribution in [2.75, 3.05) is 6.61 Å². The molecule has 0 bridgehead atoms. The lowest BCUT2D eigenvalue weighted by Gasteiger charge is -2.16. The normalized spacial score (nSPS) is 13.1. The van der Waals surface area contributed by atoms with Gasteiger partial charge in [-0.15, -0.1) is 0 Å². The highest BCUT2D eigenvalue weighted by molar-refractivity contribution is 5.64. The Morgan fingerprint density at radius 3 is 1.81 bits per heavy atom. The average Bonchev–Trinajstić information content (AvgIpc) is 2.82. The SMILES string of the molecule is CCCCCCCCOc1ccc(-c2ccc([C@H](O)C[C@H](O)CCCCCC)cc2)cc1. The molecule has 0 aliphatic heterocycles. The minimum absolute atomic E-state index is 0.399. The van der Waals surface area contributed by atoms with Crippen LogP contribution < -0.4 is 4.74 Å². The summed E-state index contributed by atoms with van der Waals surface area (Å²) in [4.78, 5) is 0. The fourth-order valence-electron chi connectivity index (χ4n) is 4.03. The molecule has 0 amide bonds. The van der Waals surface area contributed by atoms with E-state index < -0.39 is 12.2 Å². The molecular formula is C29H44O3. The van der Waals surface area contributed by atoms with Crippen LogP contribution >= 0.6 is 0 Å². The number of rotatable bonds is 17. The monoisotopic (exact) mass is 440 g/mol. The van der Waals surface area contributed by atoms with Gasteiger partial charge >= 0.3 is 0 Å². The zero-order chi connectivity index (χ0) is 23.0. The average molecular weight is 441 g/mol. The fraction of sp³-hybridized carbons (Fsp3) is 0.586. The molecule has 2 atom stereocenters. The largest absolute Gasteiger partial charge is 0.494 e. The standard InChI is InChI=1S/C29H44O3/c1-3-5-7-9-10-12-22-32-28-20-18-25(19-21-28)24-14-16-26(17-15-24)29(31)23-27(30)13-11-8-6-4-2/h14-21,27,29-31H,3-13,22-23H2,1-2H3/t27-,29-/m1/s1. The van der Waals surface area contributed by atoms with Gasteiger partial charge in [0.1, 0.15) is 5.75 Å². The molecule has 32 heavy (non-hydrogen) atoms. The minimum atomic E-state index is -0.622. The van der Waals surface area contributed by atoms with Gasteiger partial charge in [0.2, 0.25) is 0 Å². The van der Waals surface area contributed by atoms with Crippen LogP contribution in [0, 0.1) is 0 Å². The van der Waals surface area contributed by atoms with Crippen molar-refractivity contribution in [3.8, 4) is 16.9 Å². The molecule has 3 heteroatoms. The van der Waals surface area contributed by atoms with Gasteiger partial charge in [0.05, 0.1) is 18.8 Å². The van der Waals surface area contributed by atoms with E-state index in [9.17, 15) is 10.2 Å². The van der Waals surface area contributed by atoms with E-state index in [1.807, 2.05) is 36.4 Å². The highest BCUT2D eigenvalue weighted by atomic mass is 16.5. The summed E-state index contributed by atoms with van der Waals surface area (Å²) >= 11 is 0. The molecule has 0 aliphatic rings. The Kier molecular flexibility index (Phi) is 13.1. The Morgan fingerprint density at radius 1 is 0.656 bits per heavy atom. The number of hydrogen-bond donors (Lipinski definition) is 2. The Balaban J connectivity index is 1.75. The summed E-state index contributed by atoms with van der Waals surface area (Å²) in [6, 6.07) is 16.2. The molecule has 0 fully saturated rings. The maximum atomic E-state index is 10.5. The number of benzene rings is 2. The first kappa shape index (κ1) is 26.4. The predicted octanol–water partition coefficient (Wildman–Crippen LogP) is 7.85. The topological polar surface area (TPSA) is 49.7 Å². The molecule has 0 saturated carbocycles. The van der Waals surface area contributed by atoms with Crippen LogP contribution in [0.15, 0.2) is 48.5 Å². The van der Waals surface area contributed by atoms with E-state index in [4.69, 9.17) is 4.74 Å². The predicted molar refractivity (Wildman–Crippen MR) is 135 cm³/mol. The van der Waals surface area contributed by atoms with Crippen LogP contribution in [0.4, 0.5) is 0 Å². The molecule has 0 unspecified atom stereocenters. The Bertz CT molecular complexity index is 708. The fourth-order valence-corrected chi connectivity index (χ4v) is 4.03. The molecule has 2 aromatic carbocycles. The third-order valence-corrected chi connectivity index (χ3v) is 6.14. The molecule has 0 spiro atoms. The third kappa shape index (κ3) is 10.2. The lowest BCUT2D eigenvalue weighted by Crippen LogP contribution is -2.12. The van der Waals surface area contributed by atoms with Crippen molar-refractivity contribution in [1.29, 1.82) is 0 Å². The molecule has 3 nitrogen and oxygen atoms in total. The van der Waals surface area contributed by atoms with Crippen LogP contribution in [0.25, 0.3) is 11.1 Å². The number of aliphatic hydroxyl groups excluding tert-OH is 2. The van der Waals surface area contributed by atoms with E-state index in [2.05, 4.69) is 26.0 Å². The van der Waals surface area contributed by atoms with Crippen molar-refractivity contribution < 1.29 is 14.9 Å². The zero-order valence-corrected chi connectivity index (χ0v) is 20.3. The van der Waals surface area contributed by atoms with Gasteiger partial charge in [0.15, 0.2) is 0 Å². The van der Waals surface area contributed by atoms with E-state index >= 15 is 0 Å². The van der Waals surface area contributed by atoms with Gasteiger partial charge in [-0.25, -0.2) is 0 Å². The van der Waals surface area contributed by atoms with Crippen molar-refractivity contribution in [3.63, 3.8) is 0 Å². The molecule has 0 aliphatic carbocycles. The Hall–Kier alpha value is -1.84. The molecule has 2 aromatic rings. The van der Waals surface area contributed by atoms with Gasteiger partial charge in [-0.1, -0.05) is 108 Å². The molecule has 2 N–H and O–H groups in total. The van der Waals surface area contributed by atoms with Gasteiger partial charge < -0.3 is 14.9 Å². The van der Waals surface area contributed by atoms with Gasteiger partial charge in [-0.2, -0.15) is 0 Å². The van der Waals surface area contributed by atoms with E-state index in [0.29, 0.717) is 6.42 Å². The molecule has 178 valence electrons. The molecule has 0 saturated heterocycles. The van der Waals surface area contributed by atoms with Gasteiger partial charge in [0, 0.05) is 6.42 Å². The molecule has 0 radical (unpaired) electrons. The summed E-state index contributed by atoms with van der Waals surface area (Å²) in [5.74, 6) is 0.919. The maximum absolute atomic E-state index is 10.5. The second-order valence-electron chi connectivity index (χ2n) is 9.02. The van der Waals surface area contributed by atoms with E-state index in [1.165, 1.54) is 44.9 Å². The maximum Gasteiger partial charge on any atom is 0.119 e. The van der Waals surface area contributed by atoms with Gasteiger partial charge in [-0.05, 0) is 41.7 Å². The van der Waals surface area contributed by atoms with Crippen LogP contribution in [-0.4, -0.2) is 22.9 Å². The lowest BCUT2D eigenvalue weighted by molar-refractivity contribution is 0.0739. The quantitative estimate of drug-likeness (QED) is 0.246. The van der Waals surface area contributed by atoms with E-state index in [0.717, 1.165) is 54.7 Å². The highest BCUT2D eigenvalue weighted by Crippen LogP contribution is 2.26. The molecule has 0 aromatic heterocycles. The minimum Gasteiger partial charge on any atom is -0.494 e. The van der Waals surface area contributed by atoms with Gasteiger partial charge in [0.25, 0.3) is 0 Å². The van der Waals surface area contributed by atoms with Crippen molar-refractivity contribution >= 4 is 0 Å². The molecule has 0 heterocycles. The summed E-state index contributed by atoms with van der Waals surface area (Å²) in [6.45, 7) is 5.21. The first-order valence-corrected chi connectivity index (χ1v) is 12.8. The second kappa shape index (κ2) is 15.9. The smallest absolute Gasteiger partial charge is 0.119 e. The van der Waals surface area contributed by atoms with Crippen LogP contribution in [0.1, 0.15) is 103 Å². The van der Waals surface area contributed by atoms with Crippen LogP contribution in [-0.2, 0) is 0 Å². The second-order valence-corrected chi connectivity index (χ2v) is 9.02. The van der Waals surface area contributed by atoms with Crippen LogP contribution in [0.5, 0.6) is 5.75 Å². The summed E-state index contributed by atoms with van der Waals surface area (Å²) in [6.07, 6.45) is 12.3. The van der Waals surface area contributed by atoms with E-state index in [-0.39, 0.29) is 0 Å². The van der Waals surface area contributed by atoms with Gasteiger partial charge in [-0.3, -0.25) is 0 Å². The Morgan fingerprint density at radius 2 is 1.19 bits per heavy atom. The van der Waals surface area contributed by atoms with Crippen molar-refractivity contribution in [2.45, 2.75) is 103 Å². The number of ether oxygens (including phenoxy) is 1. The summed E-state index contributed by atoms with van der Waals surface area (Å²) < 4.78 is 5.88. The summed E-state index contributed by atoms with van der Waals surface area (Å²) in [5, 5.41) is 20.7. The highest BCUT2D eigenvalue weighted by Gasteiger charge is 2.14. The zero-order valence-electron chi connectivity index (χ0n) is 20.3. The van der Waals surface area contributed by atoms with E-state index in [1.54, 1.807) is 0 Å². The molecular weight excluding hydrogens is 396 g/mol. The van der Waals surface area contributed by atoms with Crippen LogP contribution in [0.3, 0.4) is 0 Å². The number of unbranched alkanes of at least 4 members (excludes halogenated alkanes) is 8. The van der Waals surface area contributed by atoms with Crippen molar-refractivity contribution in [2.24, 2.45) is 0 Å².